The molecule has 0 aromatic heterocycles. The largest absolute Gasteiger partial charge is 0.396 e. The molecule has 0 radical (unpaired) electrons. The van der Waals surface area contributed by atoms with Crippen molar-refractivity contribution in [3.8, 4) is 0 Å². The molecule has 0 aliphatic rings. The molecule has 0 spiro atoms. The summed E-state index contributed by atoms with van der Waals surface area (Å²) in [5, 5.41) is 8.87. The normalized spacial score (nSPS) is 9.60. The van der Waals surface area contributed by atoms with Gasteiger partial charge in [-0.05, 0) is 41.8 Å². The average molecular weight is 434 g/mol. The van der Waals surface area contributed by atoms with Gasteiger partial charge in [0.05, 0.1) is 33.4 Å². The molecule has 0 aliphatic carbocycles. The predicted molar refractivity (Wildman–Crippen MR) is 104 cm³/mol. The fraction of sp³-hybridized carbons (Fsp3) is 0.250. The third kappa shape index (κ3) is 8.29. The highest BCUT2D eigenvalue weighted by Crippen LogP contribution is 2.23. The van der Waals surface area contributed by atoms with Crippen LogP contribution in [0.1, 0.15) is 18.1 Å². The van der Waals surface area contributed by atoms with E-state index in [0.29, 0.717) is 5.56 Å². The summed E-state index contributed by atoms with van der Waals surface area (Å²) in [6.45, 7) is 1.77. The van der Waals surface area contributed by atoms with Gasteiger partial charge < -0.3 is 16.6 Å². The van der Waals surface area contributed by atoms with E-state index in [2.05, 4.69) is 0 Å². The van der Waals surface area contributed by atoms with Gasteiger partial charge >= 0.3 is 0 Å². The zero-order valence-corrected chi connectivity index (χ0v) is 16.3. The minimum atomic E-state index is -0.635. The lowest BCUT2D eigenvalue weighted by Crippen LogP contribution is -1.94. The van der Waals surface area contributed by atoms with Crippen LogP contribution in [0.5, 0.6) is 0 Å². The van der Waals surface area contributed by atoms with Crippen molar-refractivity contribution in [3.05, 3.63) is 57.1 Å². The summed E-state index contributed by atoms with van der Waals surface area (Å²) in [5.41, 5.74) is 12.1. The first kappa shape index (κ1) is 24.0. The number of hydrogen-bond donors (Lipinski definition) is 3. The van der Waals surface area contributed by atoms with Crippen LogP contribution in [0.4, 0.5) is 20.2 Å². The van der Waals surface area contributed by atoms with Crippen LogP contribution in [0.3, 0.4) is 0 Å². The van der Waals surface area contributed by atoms with Crippen LogP contribution in [0.2, 0.25) is 10.0 Å². The first-order valence-corrected chi connectivity index (χ1v) is 8.73. The van der Waals surface area contributed by atoms with Gasteiger partial charge in [-0.1, -0.05) is 30.1 Å². The smallest absolute Gasteiger partial charge is 0.164 e. The Kier molecular flexibility index (Phi) is 11.9. The standard InChI is InChI=1S/C8H9ClFN.C7H7ClFNO.CH2Cl2/c1-2-5-3-6(9)8(10)7(11)4-5;8-5-1-4(3-11)2-6(10)7(5)9;2-1-3/h3-4H,2,11H2,1H3;1-2,11H,3,10H2;1H2. The van der Waals surface area contributed by atoms with Crippen LogP contribution in [0.25, 0.3) is 0 Å². The Morgan fingerprint density at radius 2 is 1.24 bits per heavy atom. The monoisotopic (exact) mass is 432 g/mol. The maximum absolute atomic E-state index is 12.8. The SMILES string of the molecule is CCc1cc(N)c(F)c(Cl)c1.ClCCl.Nc1cc(CO)cc(Cl)c1F. The minimum absolute atomic E-state index is 0.0402. The molecule has 0 amide bonds. The minimum Gasteiger partial charge on any atom is -0.396 e. The highest BCUT2D eigenvalue weighted by atomic mass is 35.5. The Labute approximate surface area is 165 Å². The molecule has 0 unspecified atom stereocenters. The molecular weight excluding hydrogens is 416 g/mol. The van der Waals surface area contributed by atoms with Gasteiger partial charge in [-0.3, -0.25) is 0 Å². The second-order valence-corrected chi connectivity index (χ2v) is 6.20. The van der Waals surface area contributed by atoms with Crippen molar-refractivity contribution >= 4 is 57.8 Å². The summed E-state index contributed by atoms with van der Waals surface area (Å²) in [4.78, 5) is 0. The molecule has 140 valence electrons. The van der Waals surface area contributed by atoms with Gasteiger partial charge in [-0.2, -0.15) is 0 Å². The van der Waals surface area contributed by atoms with Crippen molar-refractivity contribution in [2.24, 2.45) is 0 Å². The summed E-state index contributed by atoms with van der Waals surface area (Å²) >= 11 is 20.5. The van der Waals surface area contributed by atoms with Gasteiger partial charge in [-0.25, -0.2) is 8.78 Å². The molecule has 0 saturated carbocycles. The zero-order chi connectivity index (χ0) is 19.6. The number of nitrogen functional groups attached to an aromatic ring is 2. The molecule has 0 heterocycles. The van der Waals surface area contributed by atoms with E-state index >= 15 is 0 Å². The Balaban J connectivity index is 0.000000399. The molecule has 0 saturated heterocycles. The van der Waals surface area contributed by atoms with E-state index in [1.807, 2.05) is 6.92 Å². The van der Waals surface area contributed by atoms with Gasteiger partial charge in [0.15, 0.2) is 11.6 Å². The number of aliphatic hydroxyl groups excluding tert-OH is 1. The van der Waals surface area contributed by atoms with E-state index in [1.165, 1.54) is 12.1 Å². The van der Waals surface area contributed by atoms with E-state index in [-0.39, 0.29) is 33.4 Å². The molecular formula is C16H18Cl4F2N2O. The van der Waals surface area contributed by atoms with Crippen LogP contribution < -0.4 is 11.5 Å². The Hall–Kier alpha value is -0.980. The Bertz CT molecular complexity index is 584. The summed E-state index contributed by atoms with van der Waals surface area (Å²) in [6.07, 6.45) is 0.810. The predicted octanol–water partition coefficient (Wildman–Crippen LogP) is 5.60. The number of benzene rings is 2. The third-order valence-electron chi connectivity index (χ3n) is 2.82. The zero-order valence-electron chi connectivity index (χ0n) is 13.3. The molecule has 0 fully saturated rings. The number of rotatable bonds is 2. The van der Waals surface area contributed by atoms with Gasteiger partial charge in [0.2, 0.25) is 0 Å². The average Bonchev–Trinajstić information content (AvgIpc) is 2.57. The number of alkyl halides is 2. The summed E-state index contributed by atoms with van der Waals surface area (Å²) in [7, 11) is 0. The molecule has 2 aromatic carbocycles. The summed E-state index contributed by atoms with van der Waals surface area (Å²) in [5.74, 6) is -1.16. The fourth-order valence-corrected chi connectivity index (χ4v) is 2.13. The highest BCUT2D eigenvalue weighted by molar-refractivity contribution is 6.40. The van der Waals surface area contributed by atoms with Crippen molar-refractivity contribution in [3.63, 3.8) is 0 Å². The molecule has 2 rings (SSSR count). The van der Waals surface area contributed by atoms with Gasteiger partial charge in [0, 0.05) is 0 Å². The van der Waals surface area contributed by atoms with Crippen LogP contribution >= 0.6 is 46.4 Å². The number of hydrogen-bond acceptors (Lipinski definition) is 3. The maximum Gasteiger partial charge on any atom is 0.164 e. The van der Waals surface area contributed by atoms with Crippen LogP contribution in [-0.2, 0) is 13.0 Å². The number of aliphatic hydroxyl groups is 1. The molecule has 0 atom stereocenters. The molecule has 9 heteroatoms. The van der Waals surface area contributed by atoms with Crippen LogP contribution in [0.15, 0.2) is 24.3 Å². The second kappa shape index (κ2) is 12.4. The molecule has 2 aromatic rings. The van der Waals surface area contributed by atoms with E-state index in [4.69, 9.17) is 63.0 Å². The number of aryl methyl sites for hydroxylation is 1. The molecule has 0 bridgehead atoms. The lowest BCUT2D eigenvalue weighted by atomic mass is 10.1. The topological polar surface area (TPSA) is 72.3 Å². The van der Waals surface area contributed by atoms with Crippen molar-refractivity contribution in [2.75, 3.05) is 16.8 Å². The summed E-state index contributed by atoms with van der Waals surface area (Å²) < 4.78 is 25.5. The number of halogens is 6. The van der Waals surface area contributed by atoms with E-state index in [0.717, 1.165) is 12.0 Å². The maximum atomic E-state index is 12.8. The van der Waals surface area contributed by atoms with Crippen LogP contribution in [0, 0.1) is 11.6 Å². The van der Waals surface area contributed by atoms with Crippen molar-refractivity contribution in [1.29, 1.82) is 0 Å². The van der Waals surface area contributed by atoms with Gasteiger partial charge in [0.1, 0.15) is 0 Å². The van der Waals surface area contributed by atoms with Crippen molar-refractivity contribution < 1.29 is 13.9 Å². The Morgan fingerprint density at radius 3 is 1.56 bits per heavy atom. The van der Waals surface area contributed by atoms with Crippen LogP contribution in [-0.4, -0.2) is 10.4 Å². The Morgan fingerprint density at radius 1 is 0.880 bits per heavy atom. The lowest BCUT2D eigenvalue weighted by Gasteiger charge is -2.01. The van der Waals surface area contributed by atoms with Gasteiger partial charge in [0.25, 0.3) is 0 Å². The fourth-order valence-electron chi connectivity index (χ4n) is 1.63. The lowest BCUT2D eigenvalue weighted by molar-refractivity contribution is 0.282. The molecule has 25 heavy (non-hydrogen) atoms. The van der Waals surface area contributed by atoms with E-state index < -0.39 is 11.6 Å². The van der Waals surface area contributed by atoms with E-state index in [1.54, 1.807) is 12.1 Å². The summed E-state index contributed by atoms with van der Waals surface area (Å²) in [6, 6.07) is 5.88. The highest BCUT2D eigenvalue weighted by Gasteiger charge is 2.05. The van der Waals surface area contributed by atoms with Gasteiger partial charge in [-0.15, -0.1) is 23.2 Å². The molecule has 3 nitrogen and oxygen atoms in total. The van der Waals surface area contributed by atoms with E-state index in [9.17, 15) is 8.78 Å². The third-order valence-corrected chi connectivity index (χ3v) is 3.37. The second-order valence-electron chi connectivity index (χ2n) is 4.57. The molecule has 0 aliphatic heterocycles. The van der Waals surface area contributed by atoms with Crippen molar-refractivity contribution in [2.45, 2.75) is 20.0 Å². The first-order chi connectivity index (χ1) is 11.7. The quantitative estimate of drug-likeness (QED) is 0.426. The molecule has 5 N–H and O–H groups in total. The number of nitrogens with two attached hydrogens (primary N) is 2. The first-order valence-electron chi connectivity index (χ1n) is 6.91. The number of anilines is 2. The van der Waals surface area contributed by atoms with Crippen molar-refractivity contribution in [1.82, 2.24) is 0 Å².